The van der Waals surface area contributed by atoms with Crippen LogP contribution in [0.4, 0.5) is 0 Å². The summed E-state index contributed by atoms with van der Waals surface area (Å²) < 4.78 is 68.4. The maximum absolute atomic E-state index is 13.1. The number of phosphoric ester groups is 2. The molecule has 0 aromatic carbocycles. The molecule has 5 atom stereocenters. The summed E-state index contributed by atoms with van der Waals surface area (Å²) in [4.78, 5) is 72.6. The first kappa shape index (κ1) is 95.1. The Morgan fingerprint density at radius 1 is 0.278 bits per heavy atom. The molecule has 3 N–H and O–H groups in total. The minimum absolute atomic E-state index is 0.107. The van der Waals surface area contributed by atoms with Crippen LogP contribution in [-0.2, 0) is 65.4 Å². The van der Waals surface area contributed by atoms with E-state index in [1.54, 1.807) is 0 Å². The van der Waals surface area contributed by atoms with E-state index in [1.165, 1.54) is 218 Å². The quantitative estimate of drug-likeness (QED) is 0.0222. The molecule has 0 amide bonds. The van der Waals surface area contributed by atoms with Crippen molar-refractivity contribution in [3.63, 3.8) is 0 Å². The molecule has 97 heavy (non-hydrogen) atoms. The lowest BCUT2D eigenvalue weighted by molar-refractivity contribution is -0.161. The average molecular weight is 1420 g/mol. The van der Waals surface area contributed by atoms with Gasteiger partial charge in [-0.3, -0.25) is 37.3 Å². The van der Waals surface area contributed by atoms with Crippen LogP contribution in [0.2, 0.25) is 0 Å². The molecule has 0 heterocycles. The lowest BCUT2D eigenvalue weighted by Gasteiger charge is -2.21. The molecule has 0 bridgehead atoms. The monoisotopic (exact) mass is 1420 g/mol. The van der Waals surface area contributed by atoms with Crippen molar-refractivity contribution in [2.75, 3.05) is 39.6 Å². The SMILES string of the molecule is CCCCCCCCCCCCCCCCCC(=O)O[C@H](COC(=O)CCCCCCC)COP(=O)(O)OC[C@H](O)COP(=O)(O)OC[C@@H](COC(=O)CCCCCCCCCCCCCCCC(C)C)OC(=O)CCCCCCCCCCCCCCCCCCCCC(C)C. The number of phosphoric acid groups is 2. The van der Waals surface area contributed by atoms with E-state index in [2.05, 4.69) is 41.5 Å². The Kier molecular flexibility index (Phi) is 68.4. The van der Waals surface area contributed by atoms with E-state index in [-0.39, 0.29) is 25.7 Å². The minimum Gasteiger partial charge on any atom is -0.462 e. The molecule has 0 aliphatic carbocycles. The van der Waals surface area contributed by atoms with Gasteiger partial charge < -0.3 is 33.8 Å². The number of aliphatic hydroxyl groups is 1. The molecular formula is C78H152O17P2. The van der Waals surface area contributed by atoms with Crippen molar-refractivity contribution >= 4 is 39.5 Å². The third-order valence-corrected chi connectivity index (χ3v) is 20.1. The van der Waals surface area contributed by atoms with E-state index in [0.717, 1.165) is 108 Å². The summed E-state index contributed by atoms with van der Waals surface area (Å²) in [5.41, 5.74) is 0. The molecule has 0 saturated carbocycles. The van der Waals surface area contributed by atoms with E-state index < -0.39 is 97.5 Å². The van der Waals surface area contributed by atoms with Crippen LogP contribution in [0.15, 0.2) is 0 Å². The number of hydrogen-bond acceptors (Lipinski definition) is 15. The van der Waals surface area contributed by atoms with Gasteiger partial charge in [0.1, 0.15) is 19.3 Å². The van der Waals surface area contributed by atoms with Gasteiger partial charge in [-0.15, -0.1) is 0 Å². The Hall–Kier alpha value is -1.94. The van der Waals surface area contributed by atoms with Crippen molar-refractivity contribution in [2.24, 2.45) is 11.8 Å². The number of esters is 4. The summed E-state index contributed by atoms with van der Waals surface area (Å²) in [6.07, 6.45) is 58.7. The fraction of sp³-hybridized carbons (Fsp3) is 0.949. The summed E-state index contributed by atoms with van der Waals surface area (Å²) in [6.45, 7) is 9.58. The average Bonchev–Trinajstić information content (AvgIpc) is 1.31. The van der Waals surface area contributed by atoms with Crippen LogP contribution >= 0.6 is 15.6 Å². The highest BCUT2D eigenvalue weighted by molar-refractivity contribution is 7.47. The van der Waals surface area contributed by atoms with Crippen molar-refractivity contribution in [3.05, 3.63) is 0 Å². The summed E-state index contributed by atoms with van der Waals surface area (Å²) >= 11 is 0. The second-order valence-corrected chi connectivity index (χ2v) is 32.0. The van der Waals surface area contributed by atoms with Crippen LogP contribution in [0.5, 0.6) is 0 Å². The number of rotatable bonds is 77. The summed E-state index contributed by atoms with van der Waals surface area (Å²) in [7, 11) is -9.90. The molecule has 0 saturated heterocycles. The molecule has 0 rings (SSSR count). The topological polar surface area (TPSA) is 237 Å². The van der Waals surface area contributed by atoms with Crippen molar-refractivity contribution < 1.29 is 80.2 Å². The Morgan fingerprint density at radius 3 is 0.701 bits per heavy atom. The van der Waals surface area contributed by atoms with Crippen LogP contribution in [0, 0.1) is 11.8 Å². The molecule has 19 heteroatoms. The molecule has 0 fully saturated rings. The molecule has 0 aliphatic rings. The first-order chi connectivity index (χ1) is 46.9. The number of aliphatic hydroxyl groups excluding tert-OH is 1. The highest BCUT2D eigenvalue weighted by atomic mass is 31.2. The number of hydrogen-bond donors (Lipinski definition) is 3. The van der Waals surface area contributed by atoms with E-state index in [0.29, 0.717) is 25.7 Å². The molecule has 0 aromatic rings. The lowest BCUT2D eigenvalue weighted by atomic mass is 10.0. The fourth-order valence-corrected chi connectivity index (χ4v) is 13.6. The summed E-state index contributed by atoms with van der Waals surface area (Å²) in [6, 6.07) is 0. The Balaban J connectivity index is 5.12. The third kappa shape index (κ3) is 72.2. The zero-order valence-corrected chi connectivity index (χ0v) is 65.2. The van der Waals surface area contributed by atoms with Crippen molar-refractivity contribution in [1.82, 2.24) is 0 Å². The van der Waals surface area contributed by atoms with Crippen LogP contribution < -0.4 is 0 Å². The predicted octanol–water partition coefficient (Wildman–Crippen LogP) is 23.1. The van der Waals surface area contributed by atoms with Crippen molar-refractivity contribution in [3.8, 4) is 0 Å². The Morgan fingerprint density at radius 2 is 0.474 bits per heavy atom. The largest absolute Gasteiger partial charge is 0.472 e. The van der Waals surface area contributed by atoms with E-state index in [1.807, 2.05) is 0 Å². The Bertz CT molecular complexity index is 1870. The standard InChI is InChI=1S/C78H152O17P2/c1-7-9-11-13-14-15-16-17-22-28-34-39-44-50-56-62-77(82)94-73(66-88-75(80)60-54-46-12-10-8-2)68-92-96(84,85)90-64-72(79)65-91-97(86,87)93-69-74(67-89-76(81)61-55-49-43-38-33-30-25-27-32-37-42-48-53-59-71(5)6)95-78(83)63-57-51-45-40-35-29-24-21-19-18-20-23-26-31-36-41-47-52-58-70(3)4/h70-74,79H,7-69H2,1-6H3,(H,84,85)(H,86,87)/t72-,73+,74+/m0/s1. The molecule has 17 nitrogen and oxygen atoms in total. The van der Waals surface area contributed by atoms with Crippen LogP contribution in [0.1, 0.15) is 408 Å². The highest BCUT2D eigenvalue weighted by Gasteiger charge is 2.30. The molecule has 0 aliphatic heterocycles. The van der Waals surface area contributed by atoms with Gasteiger partial charge in [0.15, 0.2) is 12.2 Å². The third-order valence-electron chi connectivity index (χ3n) is 18.2. The van der Waals surface area contributed by atoms with Gasteiger partial charge in [-0.05, 0) is 37.5 Å². The van der Waals surface area contributed by atoms with Crippen molar-refractivity contribution in [1.29, 1.82) is 0 Å². The minimum atomic E-state index is -4.96. The fourth-order valence-electron chi connectivity index (χ4n) is 12.0. The highest BCUT2D eigenvalue weighted by Crippen LogP contribution is 2.45. The van der Waals surface area contributed by atoms with Gasteiger partial charge in [-0.25, -0.2) is 9.13 Å². The molecule has 576 valence electrons. The summed E-state index contributed by atoms with van der Waals surface area (Å²) in [5, 5.41) is 10.6. The van der Waals surface area contributed by atoms with Gasteiger partial charge in [0.2, 0.25) is 0 Å². The van der Waals surface area contributed by atoms with Crippen LogP contribution in [-0.4, -0.2) is 96.7 Å². The molecule has 0 radical (unpaired) electrons. The van der Waals surface area contributed by atoms with Crippen molar-refractivity contribution in [2.45, 2.75) is 426 Å². The number of carbonyl (C=O) groups is 4. The van der Waals surface area contributed by atoms with Crippen LogP contribution in [0.3, 0.4) is 0 Å². The second-order valence-electron chi connectivity index (χ2n) is 29.1. The zero-order chi connectivity index (χ0) is 71.4. The van der Waals surface area contributed by atoms with Gasteiger partial charge in [0.25, 0.3) is 0 Å². The van der Waals surface area contributed by atoms with E-state index >= 15 is 0 Å². The van der Waals surface area contributed by atoms with Crippen LogP contribution in [0.25, 0.3) is 0 Å². The zero-order valence-electron chi connectivity index (χ0n) is 63.4. The molecule has 0 aromatic heterocycles. The van der Waals surface area contributed by atoms with E-state index in [4.69, 9.17) is 37.0 Å². The van der Waals surface area contributed by atoms with E-state index in [9.17, 15) is 43.2 Å². The first-order valence-electron chi connectivity index (χ1n) is 40.5. The second kappa shape index (κ2) is 69.8. The van der Waals surface area contributed by atoms with Gasteiger partial charge >= 0.3 is 39.5 Å². The summed E-state index contributed by atoms with van der Waals surface area (Å²) in [5.74, 6) is -0.512. The Labute approximate surface area is 594 Å². The molecular weight excluding hydrogens is 1270 g/mol. The number of ether oxygens (including phenoxy) is 4. The normalized spacial score (nSPS) is 14.0. The molecule has 2 unspecified atom stereocenters. The predicted molar refractivity (Wildman–Crippen MR) is 395 cm³/mol. The number of unbranched alkanes of at least 4 members (excludes halogenated alkanes) is 47. The lowest BCUT2D eigenvalue weighted by Crippen LogP contribution is -2.30. The van der Waals surface area contributed by atoms with Gasteiger partial charge in [0.05, 0.1) is 26.4 Å². The number of carbonyl (C=O) groups excluding carboxylic acids is 4. The smallest absolute Gasteiger partial charge is 0.462 e. The maximum atomic E-state index is 13.1. The maximum Gasteiger partial charge on any atom is 0.472 e. The molecule has 0 spiro atoms. The van der Waals surface area contributed by atoms with Gasteiger partial charge in [-0.1, -0.05) is 356 Å². The van der Waals surface area contributed by atoms with Gasteiger partial charge in [-0.2, -0.15) is 0 Å². The first-order valence-corrected chi connectivity index (χ1v) is 43.5. The van der Waals surface area contributed by atoms with Gasteiger partial charge in [0, 0.05) is 25.7 Å².